The van der Waals surface area contributed by atoms with Gasteiger partial charge in [-0.05, 0) is 49.8 Å². The number of benzene rings is 1. The number of carboxylic acids is 1. The number of nitrogens with two attached hydrogens (primary N) is 3. The Morgan fingerprint density at radius 3 is 2.05 bits per heavy atom. The molecular weight excluding hydrogens is 500 g/mol. The largest absolute Gasteiger partial charge is 0.480 e. The van der Waals surface area contributed by atoms with E-state index in [2.05, 4.69) is 16.0 Å². The van der Waals surface area contributed by atoms with Gasteiger partial charge in [0.1, 0.15) is 18.1 Å². The summed E-state index contributed by atoms with van der Waals surface area (Å²) in [5.74, 6) is -3.60. The van der Waals surface area contributed by atoms with Crippen LogP contribution >= 0.6 is 11.8 Å². The second-order valence-corrected chi connectivity index (χ2v) is 9.54. The zero-order chi connectivity index (χ0) is 27.8. The van der Waals surface area contributed by atoms with E-state index < -0.39 is 60.2 Å². The first kappa shape index (κ1) is 31.9. The number of unbranched alkanes of at least 4 members (excludes halogenated alkanes) is 1. The molecule has 4 atom stereocenters. The van der Waals surface area contributed by atoms with Crippen LogP contribution in [0, 0.1) is 0 Å². The molecule has 0 aliphatic carbocycles. The SMILES string of the molecule is CSCC[C@H](N)C(=O)N[C@@H](CCCCN)C(=O)N[C@@H](Cc1ccccc1)C(=O)N[C@@H](CC(N)=O)C(=O)O. The highest BCUT2D eigenvalue weighted by atomic mass is 32.2. The van der Waals surface area contributed by atoms with E-state index >= 15 is 0 Å². The summed E-state index contributed by atoms with van der Waals surface area (Å²) < 4.78 is 0. The summed E-state index contributed by atoms with van der Waals surface area (Å²) in [4.78, 5) is 61.6. The summed E-state index contributed by atoms with van der Waals surface area (Å²) in [6.07, 6.45) is 3.19. The Morgan fingerprint density at radius 2 is 1.49 bits per heavy atom. The van der Waals surface area contributed by atoms with Gasteiger partial charge in [0, 0.05) is 6.42 Å². The van der Waals surface area contributed by atoms with E-state index in [1.807, 2.05) is 6.26 Å². The molecule has 1 aromatic rings. The third kappa shape index (κ3) is 12.6. The molecule has 1 rings (SSSR count). The van der Waals surface area contributed by atoms with Gasteiger partial charge in [-0.3, -0.25) is 19.2 Å². The van der Waals surface area contributed by atoms with Crippen molar-refractivity contribution in [1.29, 1.82) is 0 Å². The molecule has 0 unspecified atom stereocenters. The molecule has 1 aromatic carbocycles. The van der Waals surface area contributed by atoms with Gasteiger partial charge in [-0.1, -0.05) is 30.3 Å². The zero-order valence-electron chi connectivity index (χ0n) is 21.0. The Kier molecular flexibility index (Phi) is 14.9. The van der Waals surface area contributed by atoms with Crippen molar-refractivity contribution >= 4 is 41.4 Å². The predicted molar refractivity (Wildman–Crippen MR) is 141 cm³/mol. The molecule has 0 saturated carbocycles. The van der Waals surface area contributed by atoms with Gasteiger partial charge in [-0.15, -0.1) is 0 Å². The van der Waals surface area contributed by atoms with E-state index in [9.17, 15) is 29.1 Å². The number of nitrogens with one attached hydrogen (secondary N) is 3. The van der Waals surface area contributed by atoms with Gasteiger partial charge in [0.25, 0.3) is 0 Å². The minimum absolute atomic E-state index is 0.0397. The first-order valence-electron chi connectivity index (χ1n) is 12.0. The third-order valence-electron chi connectivity index (χ3n) is 5.49. The van der Waals surface area contributed by atoms with Crippen molar-refractivity contribution in [1.82, 2.24) is 16.0 Å². The lowest BCUT2D eigenvalue weighted by Gasteiger charge is -2.25. The lowest BCUT2D eigenvalue weighted by Crippen LogP contribution is -2.58. The molecule has 0 aromatic heterocycles. The lowest BCUT2D eigenvalue weighted by atomic mass is 10.0. The molecule has 0 bridgehead atoms. The summed E-state index contributed by atoms with van der Waals surface area (Å²) in [5, 5.41) is 16.9. The fourth-order valence-electron chi connectivity index (χ4n) is 3.42. The smallest absolute Gasteiger partial charge is 0.326 e. The molecule has 4 amide bonds. The number of carbonyl (C=O) groups is 5. The third-order valence-corrected chi connectivity index (χ3v) is 6.13. The molecule has 12 nitrogen and oxygen atoms in total. The van der Waals surface area contributed by atoms with Crippen LogP contribution in [-0.2, 0) is 30.4 Å². The standard InChI is InChI=1S/C24H38N6O6S/c1-37-12-10-16(26)21(32)28-17(9-5-6-11-25)22(33)29-18(13-15-7-3-2-4-8-15)23(34)30-19(24(35)36)14-20(27)31/h2-4,7-8,16-19H,5-6,9-14,25-26H2,1H3,(H2,27,31)(H,28,32)(H,29,33)(H,30,34)(H,35,36)/t16-,17-,18-,19-/m0/s1. The van der Waals surface area contributed by atoms with E-state index in [1.165, 1.54) is 0 Å². The molecule has 0 aliphatic heterocycles. The van der Waals surface area contributed by atoms with E-state index in [1.54, 1.807) is 42.1 Å². The average Bonchev–Trinajstić information content (AvgIpc) is 2.85. The second kappa shape index (κ2) is 17.3. The average molecular weight is 539 g/mol. The maximum atomic E-state index is 13.2. The number of aliphatic carboxylic acids is 1. The van der Waals surface area contributed by atoms with Crippen LogP contribution in [0.4, 0.5) is 0 Å². The molecule has 0 aliphatic rings. The maximum absolute atomic E-state index is 13.2. The van der Waals surface area contributed by atoms with Gasteiger partial charge in [-0.25, -0.2) is 4.79 Å². The number of hydrogen-bond acceptors (Lipinski definition) is 8. The highest BCUT2D eigenvalue weighted by Crippen LogP contribution is 2.08. The van der Waals surface area contributed by atoms with Crippen molar-refractivity contribution < 1.29 is 29.1 Å². The molecule has 206 valence electrons. The van der Waals surface area contributed by atoms with Crippen LogP contribution in [0.3, 0.4) is 0 Å². The van der Waals surface area contributed by atoms with Gasteiger partial charge >= 0.3 is 5.97 Å². The highest BCUT2D eigenvalue weighted by molar-refractivity contribution is 7.98. The maximum Gasteiger partial charge on any atom is 0.326 e. The zero-order valence-corrected chi connectivity index (χ0v) is 21.8. The Balaban J connectivity index is 3.10. The van der Waals surface area contributed by atoms with Crippen molar-refractivity contribution in [2.75, 3.05) is 18.6 Å². The van der Waals surface area contributed by atoms with Gasteiger partial charge in [0.2, 0.25) is 23.6 Å². The second-order valence-electron chi connectivity index (χ2n) is 8.55. The van der Waals surface area contributed by atoms with Crippen molar-refractivity contribution in [3.63, 3.8) is 0 Å². The number of primary amides is 1. The van der Waals surface area contributed by atoms with Crippen LogP contribution in [-0.4, -0.2) is 77.4 Å². The van der Waals surface area contributed by atoms with Gasteiger partial charge in [-0.2, -0.15) is 11.8 Å². The van der Waals surface area contributed by atoms with E-state index in [0.717, 1.165) is 0 Å². The summed E-state index contributed by atoms with van der Waals surface area (Å²) in [6, 6.07) is 4.26. The van der Waals surface area contributed by atoms with E-state index in [-0.39, 0.29) is 12.8 Å². The summed E-state index contributed by atoms with van der Waals surface area (Å²) in [6.45, 7) is 0.408. The lowest BCUT2D eigenvalue weighted by molar-refractivity contribution is -0.143. The van der Waals surface area contributed by atoms with Crippen molar-refractivity contribution in [3.8, 4) is 0 Å². The molecule has 37 heavy (non-hydrogen) atoms. The molecule has 0 heterocycles. The molecule has 0 spiro atoms. The van der Waals surface area contributed by atoms with Crippen molar-refractivity contribution in [3.05, 3.63) is 35.9 Å². The topological polar surface area (TPSA) is 220 Å². The number of hydrogen-bond donors (Lipinski definition) is 7. The van der Waals surface area contributed by atoms with Crippen LogP contribution in [0.15, 0.2) is 30.3 Å². The molecule has 0 radical (unpaired) electrons. The summed E-state index contributed by atoms with van der Waals surface area (Å²) in [5.41, 5.74) is 17.3. The van der Waals surface area contributed by atoms with Gasteiger partial charge in [0.05, 0.1) is 12.5 Å². The first-order valence-corrected chi connectivity index (χ1v) is 13.4. The monoisotopic (exact) mass is 538 g/mol. The van der Waals surface area contributed by atoms with Crippen LogP contribution in [0.1, 0.15) is 37.7 Å². The van der Waals surface area contributed by atoms with Crippen LogP contribution in [0.25, 0.3) is 0 Å². The minimum Gasteiger partial charge on any atom is -0.480 e. The Hall–Kier alpha value is -3.16. The van der Waals surface area contributed by atoms with E-state index in [4.69, 9.17) is 17.2 Å². The number of thioether (sulfide) groups is 1. The Morgan fingerprint density at radius 1 is 0.892 bits per heavy atom. The van der Waals surface area contributed by atoms with Crippen LogP contribution < -0.4 is 33.2 Å². The molecule has 10 N–H and O–H groups in total. The minimum atomic E-state index is -1.56. The van der Waals surface area contributed by atoms with Crippen molar-refractivity contribution in [2.45, 2.75) is 62.7 Å². The fourth-order valence-corrected chi connectivity index (χ4v) is 3.91. The Labute approximate surface area is 220 Å². The van der Waals surface area contributed by atoms with Gasteiger partial charge < -0.3 is 38.3 Å². The van der Waals surface area contributed by atoms with Crippen LogP contribution in [0.2, 0.25) is 0 Å². The summed E-state index contributed by atoms with van der Waals surface area (Å²) in [7, 11) is 0. The molecule has 13 heteroatoms. The van der Waals surface area contributed by atoms with Gasteiger partial charge in [0.15, 0.2) is 0 Å². The van der Waals surface area contributed by atoms with Crippen LogP contribution in [0.5, 0.6) is 0 Å². The fraction of sp³-hybridized carbons (Fsp3) is 0.542. The number of carboxylic acid groups (broad SMARTS) is 1. The highest BCUT2D eigenvalue weighted by Gasteiger charge is 2.31. The number of rotatable bonds is 18. The quantitative estimate of drug-likeness (QED) is 0.112. The predicted octanol–water partition coefficient (Wildman–Crippen LogP) is -1.15. The number of amides is 4. The Bertz CT molecular complexity index is 903. The molecule has 0 fully saturated rings. The normalized spacial score (nSPS) is 14.0. The van der Waals surface area contributed by atoms with Crippen molar-refractivity contribution in [2.24, 2.45) is 17.2 Å². The summed E-state index contributed by atoms with van der Waals surface area (Å²) >= 11 is 1.54. The first-order chi connectivity index (χ1) is 17.6. The molecular formula is C24H38N6O6S. The van der Waals surface area contributed by atoms with E-state index in [0.29, 0.717) is 37.1 Å². The number of carbonyl (C=O) groups excluding carboxylic acids is 4. The molecule has 0 saturated heterocycles.